The van der Waals surface area contributed by atoms with Crippen molar-refractivity contribution in [2.75, 3.05) is 13.1 Å². The molecule has 0 saturated heterocycles. The second-order valence-corrected chi connectivity index (χ2v) is 4.05. The highest BCUT2D eigenvalue weighted by molar-refractivity contribution is 5.67. The first-order chi connectivity index (χ1) is 6.75. The van der Waals surface area contributed by atoms with Crippen molar-refractivity contribution in [1.82, 2.24) is 10.3 Å². The van der Waals surface area contributed by atoms with Gasteiger partial charge in [-0.15, -0.1) is 0 Å². The monoisotopic (exact) mass is 188 g/mol. The van der Waals surface area contributed by atoms with Crippen molar-refractivity contribution >= 4 is 5.57 Å². The topological polar surface area (TPSA) is 24.9 Å². The van der Waals surface area contributed by atoms with Gasteiger partial charge in [0.05, 0.1) is 0 Å². The minimum absolute atomic E-state index is 0.624. The van der Waals surface area contributed by atoms with Crippen molar-refractivity contribution in [2.45, 2.75) is 13.8 Å². The molecule has 0 radical (unpaired) electrons. The lowest BCUT2D eigenvalue weighted by Gasteiger charge is -2.19. The van der Waals surface area contributed by atoms with Gasteiger partial charge in [-0.2, -0.15) is 0 Å². The third kappa shape index (κ3) is 2.02. The number of rotatable bonds is 1. The Kier molecular flexibility index (Phi) is 2.64. The summed E-state index contributed by atoms with van der Waals surface area (Å²) < 4.78 is 0. The molecule has 1 N–H and O–H groups in total. The van der Waals surface area contributed by atoms with Gasteiger partial charge in [-0.25, -0.2) is 0 Å². The van der Waals surface area contributed by atoms with Crippen LogP contribution in [0.15, 0.2) is 24.5 Å². The number of hydrogen-bond acceptors (Lipinski definition) is 2. The molecular formula is C12H16N2. The molecule has 1 aromatic rings. The Morgan fingerprint density at radius 3 is 3.00 bits per heavy atom. The molecule has 1 unspecified atom stereocenters. The van der Waals surface area contributed by atoms with E-state index in [1.165, 1.54) is 16.7 Å². The van der Waals surface area contributed by atoms with Crippen molar-refractivity contribution in [1.29, 1.82) is 0 Å². The fraction of sp³-hybridized carbons (Fsp3) is 0.417. The summed E-state index contributed by atoms with van der Waals surface area (Å²) >= 11 is 0. The van der Waals surface area contributed by atoms with Crippen LogP contribution in [0.3, 0.4) is 0 Å². The first-order valence-corrected chi connectivity index (χ1v) is 5.09. The average molecular weight is 188 g/mol. The van der Waals surface area contributed by atoms with E-state index in [4.69, 9.17) is 0 Å². The summed E-state index contributed by atoms with van der Waals surface area (Å²) in [6.07, 6.45) is 6.18. The summed E-state index contributed by atoms with van der Waals surface area (Å²) in [5, 5.41) is 3.41. The van der Waals surface area contributed by atoms with Gasteiger partial charge < -0.3 is 5.32 Å². The second kappa shape index (κ2) is 3.93. The molecule has 1 aliphatic rings. The van der Waals surface area contributed by atoms with Crippen LogP contribution in [0.4, 0.5) is 0 Å². The SMILES string of the molecule is Cc1cncc(C2=CC(C)CNC2)c1. The van der Waals surface area contributed by atoms with E-state index >= 15 is 0 Å². The van der Waals surface area contributed by atoms with Crippen molar-refractivity contribution in [3.8, 4) is 0 Å². The van der Waals surface area contributed by atoms with Crippen molar-refractivity contribution in [3.63, 3.8) is 0 Å². The molecule has 0 fully saturated rings. The van der Waals surface area contributed by atoms with Gasteiger partial charge in [0.2, 0.25) is 0 Å². The summed E-state index contributed by atoms with van der Waals surface area (Å²) in [6, 6.07) is 2.19. The molecule has 74 valence electrons. The highest BCUT2D eigenvalue weighted by Gasteiger charge is 2.10. The van der Waals surface area contributed by atoms with Gasteiger partial charge in [0.25, 0.3) is 0 Å². The van der Waals surface area contributed by atoms with Crippen LogP contribution in [0.25, 0.3) is 5.57 Å². The van der Waals surface area contributed by atoms with Crippen molar-refractivity contribution in [3.05, 3.63) is 35.7 Å². The van der Waals surface area contributed by atoms with Crippen LogP contribution in [0, 0.1) is 12.8 Å². The molecular weight excluding hydrogens is 172 g/mol. The third-order valence-corrected chi connectivity index (χ3v) is 2.51. The highest BCUT2D eigenvalue weighted by atomic mass is 14.9. The number of pyridine rings is 1. The summed E-state index contributed by atoms with van der Waals surface area (Å²) in [5.74, 6) is 0.624. The van der Waals surface area contributed by atoms with E-state index in [0.29, 0.717) is 5.92 Å². The minimum Gasteiger partial charge on any atom is -0.312 e. The molecule has 2 heteroatoms. The number of aromatic nitrogens is 1. The maximum atomic E-state index is 4.22. The molecule has 0 bridgehead atoms. The molecule has 2 heterocycles. The number of aryl methyl sites for hydroxylation is 1. The second-order valence-electron chi connectivity index (χ2n) is 4.05. The molecule has 0 aliphatic carbocycles. The molecule has 2 rings (SSSR count). The Bertz CT molecular complexity index is 355. The molecule has 1 aromatic heterocycles. The van der Waals surface area contributed by atoms with Gasteiger partial charge in [-0.05, 0) is 35.6 Å². The van der Waals surface area contributed by atoms with E-state index in [2.05, 4.69) is 36.3 Å². The largest absolute Gasteiger partial charge is 0.312 e. The molecule has 1 aliphatic heterocycles. The zero-order chi connectivity index (χ0) is 9.97. The quantitative estimate of drug-likeness (QED) is 0.729. The van der Waals surface area contributed by atoms with Gasteiger partial charge in [0.15, 0.2) is 0 Å². The number of nitrogens with one attached hydrogen (secondary N) is 1. The molecule has 0 saturated carbocycles. The van der Waals surface area contributed by atoms with Gasteiger partial charge >= 0.3 is 0 Å². The number of hydrogen-bond donors (Lipinski definition) is 1. The molecule has 1 atom stereocenters. The molecule has 0 aromatic carbocycles. The lowest BCUT2D eigenvalue weighted by molar-refractivity contribution is 0.607. The van der Waals surface area contributed by atoms with Crippen LogP contribution in [0.2, 0.25) is 0 Å². The Morgan fingerprint density at radius 1 is 1.43 bits per heavy atom. The van der Waals surface area contributed by atoms with Gasteiger partial charge in [0, 0.05) is 25.5 Å². The summed E-state index contributed by atoms with van der Waals surface area (Å²) in [5.41, 5.74) is 3.85. The third-order valence-electron chi connectivity index (χ3n) is 2.51. The first-order valence-electron chi connectivity index (χ1n) is 5.09. The molecule has 0 amide bonds. The predicted molar refractivity (Wildman–Crippen MR) is 59.0 cm³/mol. The first kappa shape index (κ1) is 9.41. The highest BCUT2D eigenvalue weighted by Crippen LogP contribution is 2.18. The van der Waals surface area contributed by atoms with E-state index in [9.17, 15) is 0 Å². The maximum absolute atomic E-state index is 4.22. The Hall–Kier alpha value is -1.15. The molecule has 0 spiro atoms. The zero-order valence-corrected chi connectivity index (χ0v) is 8.75. The summed E-state index contributed by atoms with van der Waals surface area (Å²) in [4.78, 5) is 4.22. The predicted octanol–water partition coefficient (Wildman–Crippen LogP) is 2.01. The Balaban J connectivity index is 2.30. The fourth-order valence-corrected chi connectivity index (χ4v) is 1.82. The lowest BCUT2D eigenvalue weighted by atomic mass is 9.98. The van der Waals surface area contributed by atoms with Crippen LogP contribution in [-0.4, -0.2) is 18.1 Å². The summed E-state index contributed by atoms with van der Waals surface area (Å²) in [7, 11) is 0. The molecule has 14 heavy (non-hydrogen) atoms. The van der Waals surface area contributed by atoms with Crippen LogP contribution >= 0.6 is 0 Å². The van der Waals surface area contributed by atoms with Crippen LogP contribution in [-0.2, 0) is 0 Å². The van der Waals surface area contributed by atoms with Crippen molar-refractivity contribution in [2.24, 2.45) is 5.92 Å². The Morgan fingerprint density at radius 2 is 2.29 bits per heavy atom. The molecule has 2 nitrogen and oxygen atoms in total. The summed E-state index contributed by atoms with van der Waals surface area (Å²) in [6.45, 7) is 6.37. The fourth-order valence-electron chi connectivity index (χ4n) is 1.82. The smallest absolute Gasteiger partial charge is 0.0343 e. The van der Waals surface area contributed by atoms with E-state index in [-0.39, 0.29) is 0 Å². The van der Waals surface area contributed by atoms with Crippen molar-refractivity contribution < 1.29 is 0 Å². The number of nitrogens with zero attached hydrogens (tertiary/aromatic N) is 1. The van der Waals surface area contributed by atoms with Gasteiger partial charge in [-0.3, -0.25) is 4.98 Å². The van der Waals surface area contributed by atoms with Gasteiger partial charge in [0.1, 0.15) is 0 Å². The zero-order valence-electron chi connectivity index (χ0n) is 8.75. The normalized spacial score (nSPS) is 21.9. The average Bonchev–Trinajstić information content (AvgIpc) is 2.18. The van der Waals surface area contributed by atoms with E-state index in [1.807, 2.05) is 12.4 Å². The Labute approximate surface area is 85.1 Å². The lowest BCUT2D eigenvalue weighted by Crippen LogP contribution is -2.27. The van der Waals surface area contributed by atoms with Gasteiger partial charge in [-0.1, -0.05) is 13.0 Å². The van der Waals surface area contributed by atoms with E-state index < -0.39 is 0 Å². The van der Waals surface area contributed by atoms with Crippen LogP contribution in [0.5, 0.6) is 0 Å². The van der Waals surface area contributed by atoms with Crippen LogP contribution < -0.4 is 5.32 Å². The standard InChI is InChI=1S/C12H16N2/c1-9-3-11(7-13-5-9)12-4-10(2)6-14-8-12/h3-5,7,10,14H,6,8H2,1-2H3. The van der Waals surface area contributed by atoms with E-state index in [1.54, 1.807) is 0 Å². The maximum Gasteiger partial charge on any atom is 0.0343 e. The van der Waals surface area contributed by atoms with Crippen LogP contribution in [0.1, 0.15) is 18.1 Å². The minimum atomic E-state index is 0.624. The van der Waals surface area contributed by atoms with E-state index in [0.717, 1.165) is 13.1 Å².